The molecule has 1 heterocycles. The van der Waals surface area contributed by atoms with Crippen LogP contribution in [0, 0.1) is 0 Å². The Morgan fingerprint density at radius 3 is 2.60 bits per heavy atom. The Bertz CT molecular complexity index is 380. The van der Waals surface area contributed by atoms with Crippen LogP contribution in [0.3, 0.4) is 0 Å². The summed E-state index contributed by atoms with van der Waals surface area (Å²) in [6, 6.07) is 0. The van der Waals surface area contributed by atoms with Crippen LogP contribution in [0.1, 0.15) is 33.6 Å². The Kier molecular flexibility index (Phi) is 3.50. The minimum absolute atomic E-state index is 0.0550. The monoisotopic (exact) mass is 209 g/mol. The van der Waals surface area contributed by atoms with Gasteiger partial charge in [0, 0.05) is 25.0 Å². The Balaban J connectivity index is 2.99. The van der Waals surface area contributed by atoms with Crippen LogP contribution < -0.4 is 10.9 Å². The lowest BCUT2D eigenvalue weighted by Crippen LogP contribution is -2.37. The van der Waals surface area contributed by atoms with Gasteiger partial charge in [-0.3, -0.25) is 4.79 Å². The van der Waals surface area contributed by atoms with E-state index in [1.807, 2.05) is 0 Å². The van der Waals surface area contributed by atoms with E-state index in [1.165, 1.54) is 4.57 Å². The number of hydrogen-bond donors (Lipinski definition) is 1. The van der Waals surface area contributed by atoms with Gasteiger partial charge in [-0.25, -0.2) is 4.98 Å². The smallest absolute Gasteiger partial charge is 0.293 e. The normalized spacial score (nSPS) is 11.5. The van der Waals surface area contributed by atoms with Crippen LogP contribution in [-0.2, 0) is 7.05 Å². The molecule has 1 aromatic rings. The SMILES string of the molecule is CCC(C)(CC)Nc1nccn(C)c1=O. The standard InChI is InChI=1S/C11H19N3O/c1-5-11(3,6-2)13-9-10(15)14(4)8-7-12-9/h7-8H,5-6H2,1-4H3,(H,12,13). The second-order valence-electron chi connectivity index (χ2n) is 4.08. The summed E-state index contributed by atoms with van der Waals surface area (Å²) in [6.07, 6.45) is 5.21. The van der Waals surface area contributed by atoms with E-state index >= 15 is 0 Å². The number of hydrogen-bond acceptors (Lipinski definition) is 3. The summed E-state index contributed by atoms with van der Waals surface area (Å²) in [4.78, 5) is 15.8. The highest BCUT2D eigenvalue weighted by molar-refractivity contribution is 5.34. The van der Waals surface area contributed by atoms with Crippen molar-refractivity contribution < 1.29 is 0 Å². The lowest BCUT2D eigenvalue weighted by molar-refractivity contribution is 0.475. The third-order valence-electron chi connectivity index (χ3n) is 3.00. The zero-order valence-electron chi connectivity index (χ0n) is 9.87. The Labute approximate surface area is 90.3 Å². The molecule has 0 amide bonds. The van der Waals surface area contributed by atoms with Gasteiger partial charge < -0.3 is 9.88 Å². The van der Waals surface area contributed by atoms with Gasteiger partial charge in [0.05, 0.1) is 0 Å². The number of aromatic nitrogens is 2. The fraction of sp³-hybridized carbons (Fsp3) is 0.636. The number of nitrogens with one attached hydrogen (secondary N) is 1. The third-order valence-corrected chi connectivity index (χ3v) is 3.00. The molecule has 84 valence electrons. The first kappa shape index (κ1) is 11.8. The van der Waals surface area contributed by atoms with Crippen LogP contribution in [0.5, 0.6) is 0 Å². The quantitative estimate of drug-likeness (QED) is 0.822. The molecule has 1 N–H and O–H groups in total. The van der Waals surface area contributed by atoms with E-state index in [0.717, 1.165) is 12.8 Å². The molecule has 0 saturated carbocycles. The molecule has 0 saturated heterocycles. The molecule has 15 heavy (non-hydrogen) atoms. The zero-order valence-corrected chi connectivity index (χ0v) is 9.87. The summed E-state index contributed by atoms with van der Waals surface area (Å²) in [6.45, 7) is 6.30. The minimum atomic E-state index is -0.0781. The third kappa shape index (κ3) is 2.58. The average Bonchev–Trinajstić information content (AvgIpc) is 2.25. The number of nitrogens with zero attached hydrogens (tertiary/aromatic N) is 2. The van der Waals surface area contributed by atoms with Gasteiger partial charge in [-0.05, 0) is 19.8 Å². The van der Waals surface area contributed by atoms with E-state index in [-0.39, 0.29) is 11.1 Å². The molecular weight excluding hydrogens is 190 g/mol. The van der Waals surface area contributed by atoms with Crippen molar-refractivity contribution in [3.8, 4) is 0 Å². The van der Waals surface area contributed by atoms with Crippen molar-refractivity contribution in [2.45, 2.75) is 39.2 Å². The molecule has 0 radical (unpaired) electrons. The second kappa shape index (κ2) is 4.47. The lowest BCUT2D eigenvalue weighted by atomic mass is 9.96. The highest BCUT2D eigenvalue weighted by Gasteiger charge is 2.20. The molecule has 4 heteroatoms. The second-order valence-corrected chi connectivity index (χ2v) is 4.08. The van der Waals surface area contributed by atoms with Gasteiger partial charge in [0.2, 0.25) is 0 Å². The van der Waals surface area contributed by atoms with Crippen LogP contribution in [0.15, 0.2) is 17.2 Å². The molecule has 0 fully saturated rings. The molecule has 0 aliphatic heterocycles. The van der Waals surface area contributed by atoms with Gasteiger partial charge in [-0.1, -0.05) is 13.8 Å². The average molecular weight is 209 g/mol. The molecule has 0 aliphatic carbocycles. The summed E-state index contributed by atoms with van der Waals surface area (Å²) in [7, 11) is 1.73. The largest absolute Gasteiger partial charge is 0.360 e. The van der Waals surface area contributed by atoms with Crippen molar-refractivity contribution in [2.75, 3.05) is 5.32 Å². The van der Waals surface area contributed by atoms with Crippen LogP contribution in [-0.4, -0.2) is 15.1 Å². The van der Waals surface area contributed by atoms with Gasteiger partial charge >= 0.3 is 0 Å². The van der Waals surface area contributed by atoms with Crippen LogP contribution >= 0.6 is 0 Å². The first-order chi connectivity index (χ1) is 7.02. The topological polar surface area (TPSA) is 46.9 Å². The minimum Gasteiger partial charge on any atom is -0.360 e. The Morgan fingerprint density at radius 1 is 1.47 bits per heavy atom. The van der Waals surface area contributed by atoms with Gasteiger partial charge in [-0.2, -0.15) is 0 Å². The fourth-order valence-electron chi connectivity index (χ4n) is 1.30. The van der Waals surface area contributed by atoms with Gasteiger partial charge in [-0.15, -0.1) is 0 Å². The zero-order chi connectivity index (χ0) is 11.5. The van der Waals surface area contributed by atoms with Crippen LogP contribution in [0.2, 0.25) is 0 Å². The molecular formula is C11H19N3O. The summed E-state index contributed by atoms with van der Waals surface area (Å²) in [5.41, 5.74) is -0.133. The Hall–Kier alpha value is -1.32. The molecule has 1 rings (SSSR count). The molecule has 0 bridgehead atoms. The highest BCUT2D eigenvalue weighted by atomic mass is 16.1. The van der Waals surface area contributed by atoms with Crippen molar-refractivity contribution >= 4 is 5.82 Å². The first-order valence-electron chi connectivity index (χ1n) is 5.32. The van der Waals surface area contributed by atoms with Crippen molar-refractivity contribution in [2.24, 2.45) is 7.05 Å². The molecule has 0 aliphatic rings. The van der Waals surface area contributed by atoms with Gasteiger partial charge in [0.25, 0.3) is 5.56 Å². The van der Waals surface area contributed by atoms with E-state index < -0.39 is 0 Å². The van der Waals surface area contributed by atoms with Gasteiger partial charge in [0.15, 0.2) is 5.82 Å². The predicted octanol–water partition coefficient (Wildman–Crippen LogP) is 1.77. The summed E-state index contributed by atoms with van der Waals surface area (Å²) >= 11 is 0. The van der Waals surface area contributed by atoms with E-state index in [9.17, 15) is 4.79 Å². The van der Waals surface area contributed by atoms with Crippen molar-refractivity contribution in [1.82, 2.24) is 9.55 Å². The molecule has 0 aromatic carbocycles. The van der Waals surface area contributed by atoms with E-state index in [4.69, 9.17) is 0 Å². The molecule has 0 unspecified atom stereocenters. The predicted molar refractivity (Wildman–Crippen MR) is 62.1 cm³/mol. The van der Waals surface area contributed by atoms with E-state index in [1.54, 1.807) is 19.4 Å². The van der Waals surface area contributed by atoms with Crippen molar-refractivity contribution in [3.05, 3.63) is 22.7 Å². The Morgan fingerprint density at radius 2 is 2.07 bits per heavy atom. The molecule has 0 spiro atoms. The maximum Gasteiger partial charge on any atom is 0.293 e. The maximum atomic E-state index is 11.7. The summed E-state index contributed by atoms with van der Waals surface area (Å²) in [5.74, 6) is 0.436. The molecule has 4 nitrogen and oxygen atoms in total. The lowest BCUT2D eigenvalue weighted by Gasteiger charge is -2.28. The van der Waals surface area contributed by atoms with E-state index in [0.29, 0.717) is 5.82 Å². The first-order valence-corrected chi connectivity index (χ1v) is 5.32. The fourth-order valence-corrected chi connectivity index (χ4v) is 1.30. The maximum absolute atomic E-state index is 11.7. The summed E-state index contributed by atoms with van der Waals surface area (Å²) < 4.78 is 1.53. The van der Waals surface area contributed by atoms with Gasteiger partial charge in [0.1, 0.15) is 0 Å². The van der Waals surface area contributed by atoms with E-state index in [2.05, 4.69) is 31.1 Å². The van der Waals surface area contributed by atoms with Crippen LogP contribution in [0.25, 0.3) is 0 Å². The number of aryl methyl sites for hydroxylation is 1. The highest BCUT2D eigenvalue weighted by Crippen LogP contribution is 2.17. The molecule has 1 aromatic heterocycles. The molecule has 0 atom stereocenters. The van der Waals surface area contributed by atoms with Crippen molar-refractivity contribution in [1.29, 1.82) is 0 Å². The summed E-state index contributed by atoms with van der Waals surface area (Å²) in [5, 5.41) is 3.22. The number of anilines is 1. The van der Waals surface area contributed by atoms with Crippen LogP contribution in [0.4, 0.5) is 5.82 Å². The number of rotatable bonds is 4. The van der Waals surface area contributed by atoms with Crippen molar-refractivity contribution in [3.63, 3.8) is 0 Å².